The van der Waals surface area contributed by atoms with Crippen LogP contribution in [0.4, 0.5) is 10.5 Å². The van der Waals surface area contributed by atoms with E-state index in [1.54, 1.807) is 13.2 Å². The lowest BCUT2D eigenvalue weighted by atomic mass is 9.84. The molecule has 10 nitrogen and oxygen atoms in total. The number of aryl methyl sites for hydroxylation is 2. The molecule has 43 heavy (non-hydrogen) atoms. The molecule has 1 unspecified atom stereocenters. The van der Waals surface area contributed by atoms with Gasteiger partial charge in [0.2, 0.25) is 5.91 Å². The highest BCUT2D eigenvalue weighted by atomic mass is 16.5. The molecule has 10 heteroatoms. The zero-order chi connectivity index (χ0) is 30.2. The van der Waals surface area contributed by atoms with Gasteiger partial charge in [-0.05, 0) is 35.6 Å². The molecule has 0 aliphatic carbocycles. The number of alkyl carbamates (subject to hydrolysis) is 1. The van der Waals surface area contributed by atoms with Gasteiger partial charge in [-0.25, -0.2) is 9.59 Å². The average molecular weight is 584 g/mol. The van der Waals surface area contributed by atoms with Crippen LogP contribution in [0, 0.1) is 0 Å². The number of H-pyrrole nitrogens is 1. The number of hydrogen-bond donors (Lipinski definition) is 4. The summed E-state index contributed by atoms with van der Waals surface area (Å²) in [6.07, 6.45) is 2.48. The number of carbonyl (C=O) groups excluding carboxylic acids is 2. The van der Waals surface area contributed by atoms with Crippen LogP contribution in [-0.4, -0.2) is 54.0 Å². The van der Waals surface area contributed by atoms with E-state index in [0.29, 0.717) is 25.3 Å². The molecule has 2 amide bonds. The molecule has 0 radical (unpaired) electrons. The SMILES string of the molecule is COC(=O)NC(C(=O)Nc1ccccc1CC[C@@H]1CN[C@H](c2cn(C)c(=O)[nH]2)CO1)C(c1ccccc1)c1ccccc1. The molecule has 2 heterocycles. The van der Waals surface area contributed by atoms with Gasteiger partial charge in [-0.1, -0.05) is 78.9 Å². The summed E-state index contributed by atoms with van der Waals surface area (Å²) in [4.78, 5) is 41.1. The summed E-state index contributed by atoms with van der Waals surface area (Å²) >= 11 is 0. The van der Waals surface area contributed by atoms with Crippen molar-refractivity contribution in [3.05, 3.63) is 124 Å². The van der Waals surface area contributed by atoms with E-state index < -0.39 is 18.1 Å². The Labute approximate surface area is 250 Å². The largest absolute Gasteiger partial charge is 0.453 e. The second-order valence-electron chi connectivity index (χ2n) is 10.6. The summed E-state index contributed by atoms with van der Waals surface area (Å²) < 4.78 is 12.5. The Morgan fingerprint density at radius 1 is 1.00 bits per heavy atom. The molecule has 1 fully saturated rings. The second kappa shape index (κ2) is 14.0. The van der Waals surface area contributed by atoms with E-state index in [2.05, 4.69) is 20.9 Å². The monoisotopic (exact) mass is 583 g/mol. The third kappa shape index (κ3) is 7.40. The number of rotatable bonds is 10. The van der Waals surface area contributed by atoms with Gasteiger partial charge >= 0.3 is 11.8 Å². The molecule has 1 aliphatic heterocycles. The first-order valence-corrected chi connectivity index (χ1v) is 14.4. The number of para-hydroxylation sites is 1. The van der Waals surface area contributed by atoms with Crippen LogP contribution in [0.2, 0.25) is 0 Å². The van der Waals surface area contributed by atoms with Crippen molar-refractivity contribution in [1.82, 2.24) is 20.2 Å². The first-order valence-electron chi connectivity index (χ1n) is 14.4. The van der Waals surface area contributed by atoms with Crippen molar-refractivity contribution in [3.63, 3.8) is 0 Å². The molecule has 1 saturated heterocycles. The molecular formula is C33H37N5O5. The highest BCUT2D eigenvalue weighted by Crippen LogP contribution is 2.30. The molecule has 224 valence electrons. The minimum Gasteiger partial charge on any atom is -0.453 e. The average Bonchev–Trinajstić information content (AvgIpc) is 3.38. The number of methoxy groups -OCH3 is 1. The summed E-state index contributed by atoms with van der Waals surface area (Å²) in [5.41, 5.74) is 4.06. The Morgan fingerprint density at radius 3 is 2.23 bits per heavy atom. The van der Waals surface area contributed by atoms with Crippen LogP contribution < -0.4 is 21.6 Å². The maximum absolute atomic E-state index is 14.0. The summed E-state index contributed by atoms with van der Waals surface area (Å²) in [6, 6.07) is 25.9. The molecule has 1 aliphatic rings. The number of benzene rings is 3. The van der Waals surface area contributed by atoms with Crippen molar-refractivity contribution in [2.24, 2.45) is 7.05 Å². The predicted molar refractivity (Wildman–Crippen MR) is 164 cm³/mol. The van der Waals surface area contributed by atoms with E-state index >= 15 is 0 Å². The maximum atomic E-state index is 14.0. The number of hydrogen-bond acceptors (Lipinski definition) is 6. The van der Waals surface area contributed by atoms with Crippen LogP contribution in [0.15, 0.2) is 95.9 Å². The van der Waals surface area contributed by atoms with Gasteiger partial charge in [-0.2, -0.15) is 0 Å². The molecule has 0 saturated carbocycles. The quantitative estimate of drug-likeness (QED) is 0.225. The van der Waals surface area contributed by atoms with E-state index in [0.717, 1.165) is 28.8 Å². The lowest BCUT2D eigenvalue weighted by Gasteiger charge is -2.30. The van der Waals surface area contributed by atoms with E-state index in [4.69, 9.17) is 9.47 Å². The minimum absolute atomic E-state index is 0.0234. The lowest BCUT2D eigenvalue weighted by molar-refractivity contribution is -0.118. The number of nitrogens with zero attached hydrogens (tertiary/aromatic N) is 1. The number of ether oxygens (including phenoxy) is 2. The van der Waals surface area contributed by atoms with Crippen molar-refractivity contribution in [3.8, 4) is 0 Å². The number of anilines is 1. The van der Waals surface area contributed by atoms with Gasteiger partial charge < -0.3 is 35.0 Å². The smallest absolute Gasteiger partial charge is 0.407 e. The van der Waals surface area contributed by atoms with Gasteiger partial charge in [0.1, 0.15) is 6.04 Å². The van der Waals surface area contributed by atoms with Gasteiger partial charge in [-0.15, -0.1) is 0 Å². The van der Waals surface area contributed by atoms with Crippen LogP contribution in [0.3, 0.4) is 0 Å². The fraction of sp³-hybridized carbons (Fsp3) is 0.303. The third-order valence-electron chi connectivity index (χ3n) is 7.77. The maximum Gasteiger partial charge on any atom is 0.407 e. The number of nitrogens with one attached hydrogen (secondary N) is 4. The highest BCUT2D eigenvalue weighted by molar-refractivity contribution is 5.98. The van der Waals surface area contributed by atoms with Gasteiger partial charge in [0.05, 0.1) is 31.6 Å². The van der Waals surface area contributed by atoms with E-state index in [9.17, 15) is 14.4 Å². The topological polar surface area (TPSA) is 126 Å². The van der Waals surface area contributed by atoms with E-state index in [1.807, 2.05) is 84.9 Å². The summed E-state index contributed by atoms with van der Waals surface area (Å²) in [6.45, 7) is 1.08. The summed E-state index contributed by atoms with van der Waals surface area (Å²) in [5, 5.41) is 9.33. The number of aromatic amines is 1. The fourth-order valence-corrected chi connectivity index (χ4v) is 5.47. The second-order valence-corrected chi connectivity index (χ2v) is 10.6. The Morgan fingerprint density at radius 2 is 1.65 bits per heavy atom. The lowest BCUT2D eigenvalue weighted by Crippen LogP contribution is -2.48. The normalized spacial score (nSPS) is 17.3. The van der Waals surface area contributed by atoms with E-state index in [1.165, 1.54) is 11.7 Å². The van der Waals surface area contributed by atoms with Crippen LogP contribution in [0.1, 0.15) is 40.8 Å². The number of carbonyl (C=O) groups is 2. The Bertz CT molecular complexity index is 1520. The van der Waals surface area contributed by atoms with Gasteiger partial charge in [0.25, 0.3) is 0 Å². The molecule has 3 atom stereocenters. The van der Waals surface area contributed by atoms with Gasteiger partial charge in [0.15, 0.2) is 0 Å². The third-order valence-corrected chi connectivity index (χ3v) is 7.77. The van der Waals surface area contributed by atoms with Gasteiger partial charge in [0, 0.05) is 31.4 Å². The van der Waals surface area contributed by atoms with Crippen LogP contribution >= 0.6 is 0 Å². The Balaban J connectivity index is 1.30. The molecule has 4 N–H and O–H groups in total. The zero-order valence-corrected chi connectivity index (χ0v) is 24.3. The summed E-state index contributed by atoms with van der Waals surface area (Å²) in [7, 11) is 2.99. The van der Waals surface area contributed by atoms with Crippen LogP contribution in [0.5, 0.6) is 0 Å². The molecule has 0 spiro atoms. The van der Waals surface area contributed by atoms with Gasteiger partial charge in [-0.3, -0.25) is 4.79 Å². The molecule has 4 aromatic rings. The summed E-state index contributed by atoms with van der Waals surface area (Å²) in [5.74, 6) is -0.811. The first-order chi connectivity index (χ1) is 20.9. The predicted octanol–water partition coefficient (Wildman–Crippen LogP) is 3.87. The molecule has 5 rings (SSSR count). The van der Waals surface area contributed by atoms with E-state index in [-0.39, 0.29) is 23.7 Å². The number of morpholine rings is 1. The van der Waals surface area contributed by atoms with Crippen LogP contribution in [0.25, 0.3) is 0 Å². The molecule has 1 aromatic heterocycles. The number of imidazole rings is 1. The van der Waals surface area contributed by atoms with Crippen LogP contribution in [-0.2, 0) is 27.7 Å². The molecular weight excluding hydrogens is 546 g/mol. The minimum atomic E-state index is -0.947. The zero-order valence-electron chi connectivity index (χ0n) is 24.3. The van der Waals surface area contributed by atoms with Crippen molar-refractivity contribution >= 4 is 17.7 Å². The van der Waals surface area contributed by atoms with Crippen molar-refractivity contribution in [2.45, 2.75) is 36.9 Å². The molecule has 3 aromatic carbocycles. The highest BCUT2D eigenvalue weighted by Gasteiger charge is 2.33. The standard InChI is InChI=1S/C33H37N5O5/c1-38-20-27(36-32(38)40)28-21-43-25(19-34-28)18-17-22-11-9-10-16-26(22)35-31(39)30(37-33(41)42-2)29(23-12-5-3-6-13-23)24-14-7-4-8-15-24/h3-16,20,25,28-30,34H,17-19,21H2,1-2H3,(H,35,39)(H,36,40)(H,37,41)/t25-,28+,30?/m1/s1. The van der Waals surface area contributed by atoms with Crippen molar-refractivity contribution in [1.29, 1.82) is 0 Å². The van der Waals surface area contributed by atoms with Crippen molar-refractivity contribution in [2.75, 3.05) is 25.6 Å². The fourth-order valence-electron chi connectivity index (χ4n) is 5.47. The first kappa shape index (κ1) is 29.8. The Hall–Kier alpha value is -4.67. The number of amides is 2. The Kier molecular flexibility index (Phi) is 9.70. The number of aromatic nitrogens is 2. The van der Waals surface area contributed by atoms with Crippen molar-refractivity contribution < 1.29 is 19.1 Å². The molecule has 0 bridgehead atoms.